The van der Waals surface area contributed by atoms with E-state index in [4.69, 9.17) is 0 Å². The number of nitro groups is 2. The van der Waals surface area contributed by atoms with Crippen LogP contribution in [0.5, 0.6) is 11.5 Å². The molecule has 1 aliphatic rings. The van der Waals surface area contributed by atoms with Gasteiger partial charge in [-0.15, -0.1) is 0 Å². The van der Waals surface area contributed by atoms with Crippen LogP contribution in [0.15, 0.2) is 12.1 Å². The van der Waals surface area contributed by atoms with Crippen LogP contribution in [0, 0.1) is 20.2 Å². The molecule has 1 aliphatic carbocycles. The van der Waals surface area contributed by atoms with Crippen LogP contribution >= 0.6 is 0 Å². The van der Waals surface area contributed by atoms with Crippen LogP contribution in [-0.2, 0) is 12.8 Å². The van der Waals surface area contributed by atoms with Crippen molar-refractivity contribution in [3.63, 3.8) is 0 Å². The van der Waals surface area contributed by atoms with Crippen LogP contribution < -0.4 is 0 Å². The molecule has 0 bridgehead atoms. The van der Waals surface area contributed by atoms with Gasteiger partial charge in [-0.05, 0) is 25.7 Å². The monoisotopic (exact) mass is 442 g/mol. The molecule has 0 radical (unpaired) electrons. The average Bonchev–Trinajstić information content (AvgIpc) is 2.74. The molecule has 0 saturated heterocycles. The van der Waals surface area contributed by atoms with Gasteiger partial charge in [-0.1, -0.05) is 26.7 Å². The van der Waals surface area contributed by atoms with E-state index < -0.39 is 66.5 Å². The number of rotatable bonds is 8. The molecule has 10 heteroatoms. The lowest BCUT2D eigenvalue weighted by atomic mass is 9.79. The van der Waals surface area contributed by atoms with Gasteiger partial charge >= 0.3 is 0 Å². The fourth-order valence-corrected chi connectivity index (χ4v) is 3.98. The molecule has 2 N–H and O–H groups in total. The van der Waals surface area contributed by atoms with Crippen LogP contribution in [0.3, 0.4) is 0 Å². The predicted molar refractivity (Wildman–Crippen MR) is 114 cm³/mol. The zero-order valence-corrected chi connectivity index (χ0v) is 17.6. The number of hydrogen-bond acceptors (Lipinski definition) is 8. The molecule has 32 heavy (non-hydrogen) atoms. The van der Waals surface area contributed by atoms with E-state index in [1.54, 1.807) is 0 Å². The van der Waals surface area contributed by atoms with Gasteiger partial charge in [0.05, 0.1) is 21.0 Å². The highest BCUT2D eigenvalue weighted by Gasteiger charge is 2.44. The molecule has 0 fully saturated rings. The summed E-state index contributed by atoms with van der Waals surface area (Å²) >= 11 is 0. The van der Waals surface area contributed by atoms with Crippen molar-refractivity contribution in [3.05, 3.63) is 65.7 Å². The molecule has 0 amide bonds. The molecule has 10 nitrogen and oxygen atoms in total. The summed E-state index contributed by atoms with van der Waals surface area (Å²) in [5.74, 6) is -3.41. The highest BCUT2D eigenvalue weighted by molar-refractivity contribution is 6.33. The Hall–Kier alpha value is -3.82. The van der Waals surface area contributed by atoms with Gasteiger partial charge in [0, 0.05) is 23.3 Å². The summed E-state index contributed by atoms with van der Waals surface area (Å²) < 4.78 is 0. The van der Waals surface area contributed by atoms with E-state index in [-0.39, 0.29) is 24.0 Å². The van der Waals surface area contributed by atoms with Crippen molar-refractivity contribution in [1.82, 2.24) is 0 Å². The second kappa shape index (κ2) is 8.74. The van der Waals surface area contributed by atoms with Crippen molar-refractivity contribution in [2.75, 3.05) is 0 Å². The van der Waals surface area contributed by atoms with E-state index >= 15 is 0 Å². The minimum atomic E-state index is -1.10. The van der Waals surface area contributed by atoms with Gasteiger partial charge in [0.15, 0.2) is 0 Å². The molecule has 0 saturated carbocycles. The van der Waals surface area contributed by atoms with Gasteiger partial charge in [-0.3, -0.25) is 29.8 Å². The largest absolute Gasteiger partial charge is 0.507 e. The first-order valence-corrected chi connectivity index (χ1v) is 10.3. The van der Waals surface area contributed by atoms with E-state index in [9.17, 15) is 40.0 Å². The number of ketones is 2. The number of aryl methyl sites for hydroxylation is 2. The standard InChI is InChI=1S/C22H22N2O8/c1-3-5-7-11-9-13(23(29)30)15-17(19(11)25)21(27)16-14(24(31)32)10-12(8-6-4-2)20(26)18(16)22(15)28/h9-10,25-26H,3-8H2,1-2H3. The van der Waals surface area contributed by atoms with Crippen molar-refractivity contribution in [1.29, 1.82) is 0 Å². The normalized spacial score (nSPS) is 12.4. The zero-order valence-electron chi connectivity index (χ0n) is 17.6. The number of benzene rings is 2. The Morgan fingerprint density at radius 1 is 0.719 bits per heavy atom. The number of aromatic hydroxyl groups is 2. The van der Waals surface area contributed by atoms with Gasteiger partial charge in [-0.2, -0.15) is 0 Å². The van der Waals surface area contributed by atoms with Gasteiger partial charge < -0.3 is 10.2 Å². The number of phenolic OH excluding ortho intramolecular Hbond substituents is 2. The Morgan fingerprint density at radius 3 is 1.34 bits per heavy atom. The number of hydrogen-bond donors (Lipinski definition) is 2. The summed E-state index contributed by atoms with van der Waals surface area (Å²) in [6.07, 6.45) is 2.97. The van der Waals surface area contributed by atoms with E-state index in [0.717, 1.165) is 12.1 Å². The summed E-state index contributed by atoms with van der Waals surface area (Å²) in [7, 11) is 0. The molecule has 0 aromatic heterocycles. The fourth-order valence-electron chi connectivity index (χ4n) is 3.98. The quantitative estimate of drug-likeness (QED) is 0.384. The molecule has 0 unspecified atom stereocenters. The number of nitro benzene ring substituents is 2. The zero-order chi connectivity index (χ0) is 23.7. The maximum absolute atomic E-state index is 13.3. The number of fused-ring (bicyclic) bond motifs is 2. The van der Waals surface area contributed by atoms with Crippen molar-refractivity contribution in [2.24, 2.45) is 0 Å². The lowest BCUT2D eigenvalue weighted by Gasteiger charge is -2.22. The molecule has 2 aromatic carbocycles. The van der Waals surface area contributed by atoms with Crippen molar-refractivity contribution in [2.45, 2.75) is 52.4 Å². The van der Waals surface area contributed by atoms with Crippen LogP contribution in [-0.4, -0.2) is 31.6 Å². The third-order valence-electron chi connectivity index (χ3n) is 5.62. The fraction of sp³-hybridized carbons (Fsp3) is 0.364. The van der Waals surface area contributed by atoms with Crippen LogP contribution in [0.1, 0.15) is 82.5 Å². The van der Waals surface area contributed by atoms with E-state index in [1.807, 2.05) is 13.8 Å². The molecular formula is C22H22N2O8. The Balaban J connectivity index is 2.39. The third kappa shape index (κ3) is 3.57. The minimum Gasteiger partial charge on any atom is -0.507 e. The smallest absolute Gasteiger partial charge is 0.281 e. The van der Waals surface area contributed by atoms with Gasteiger partial charge in [0.2, 0.25) is 11.6 Å². The van der Waals surface area contributed by atoms with Gasteiger partial charge in [0.25, 0.3) is 11.4 Å². The molecule has 168 valence electrons. The second-order valence-electron chi connectivity index (χ2n) is 7.69. The molecule has 0 spiro atoms. The van der Waals surface area contributed by atoms with Crippen molar-refractivity contribution in [3.8, 4) is 11.5 Å². The number of unbranched alkanes of at least 4 members (excludes halogenated alkanes) is 2. The first-order valence-electron chi connectivity index (χ1n) is 10.3. The number of carbonyl (C=O) groups excluding carboxylic acids is 2. The van der Waals surface area contributed by atoms with Crippen LogP contribution in [0.4, 0.5) is 11.4 Å². The molecule has 0 atom stereocenters. The van der Waals surface area contributed by atoms with Crippen LogP contribution in [0.25, 0.3) is 0 Å². The summed E-state index contributed by atoms with van der Waals surface area (Å²) in [4.78, 5) is 48.4. The Bertz CT molecular complexity index is 1080. The molecular weight excluding hydrogens is 420 g/mol. The van der Waals surface area contributed by atoms with E-state index in [0.29, 0.717) is 25.7 Å². The summed E-state index contributed by atoms with van der Waals surface area (Å²) in [6, 6.07) is 2.10. The Kier molecular flexibility index (Phi) is 6.24. The molecule has 2 aromatic rings. The maximum atomic E-state index is 13.3. The lowest BCUT2D eigenvalue weighted by molar-refractivity contribution is -0.385. The number of carbonyl (C=O) groups is 2. The summed E-state index contributed by atoms with van der Waals surface area (Å²) in [5.41, 5.74) is -3.76. The van der Waals surface area contributed by atoms with E-state index in [2.05, 4.69) is 0 Å². The molecule has 3 rings (SSSR count). The molecule has 0 aliphatic heterocycles. The van der Waals surface area contributed by atoms with Crippen LogP contribution in [0.2, 0.25) is 0 Å². The maximum Gasteiger partial charge on any atom is 0.281 e. The third-order valence-corrected chi connectivity index (χ3v) is 5.62. The van der Waals surface area contributed by atoms with Crippen molar-refractivity contribution < 1.29 is 29.6 Å². The SMILES string of the molecule is CCCCc1cc([N+](=O)[O-])c2c(c1O)C(=O)c1c([N+](=O)[O-])cc(CCCC)c(O)c1C2=O. The summed E-state index contributed by atoms with van der Waals surface area (Å²) in [6.45, 7) is 3.74. The first kappa shape index (κ1) is 22.9. The number of phenols is 2. The van der Waals surface area contributed by atoms with Crippen molar-refractivity contribution >= 4 is 22.9 Å². The summed E-state index contributed by atoms with van der Waals surface area (Å²) in [5, 5.41) is 44.9. The Morgan fingerprint density at radius 2 is 1.06 bits per heavy atom. The predicted octanol–water partition coefficient (Wildman–Crippen LogP) is 4.37. The topological polar surface area (TPSA) is 161 Å². The highest BCUT2D eigenvalue weighted by atomic mass is 16.6. The highest BCUT2D eigenvalue weighted by Crippen LogP contribution is 2.46. The Labute approximate surface area is 182 Å². The minimum absolute atomic E-state index is 0.105. The lowest BCUT2D eigenvalue weighted by Crippen LogP contribution is -2.25. The number of nitrogens with zero attached hydrogens (tertiary/aromatic N) is 2. The first-order chi connectivity index (χ1) is 15.1. The van der Waals surface area contributed by atoms with E-state index in [1.165, 1.54) is 0 Å². The average molecular weight is 442 g/mol. The second-order valence-corrected chi connectivity index (χ2v) is 7.69. The molecule has 0 heterocycles. The van der Waals surface area contributed by atoms with Gasteiger partial charge in [0.1, 0.15) is 22.6 Å². The van der Waals surface area contributed by atoms with Gasteiger partial charge in [-0.25, -0.2) is 0 Å².